The topological polar surface area (TPSA) is 70.2 Å². The molecule has 1 saturated carbocycles. The van der Waals surface area contributed by atoms with E-state index in [0.29, 0.717) is 18.0 Å². The zero-order chi connectivity index (χ0) is 15.6. The van der Waals surface area contributed by atoms with E-state index in [2.05, 4.69) is 16.2 Å². The van der Waals surface area contributed by atoms with E-state index in [4.69, 9.17) is 0 Å². The van der Waals surface area contributed by atoms with E-state index in [-0.39, 0.29) is 11.8 Å². The zero-order valence-corrected chi connectivity index (χ0v) is 12.9. The fourth-order valence-electron chi connectivity index (χ4n) is 2.71. The summed E-state index contributed by atoms with van der Waals surface area (Å²) in [6.07, 6.45) is 7.66. The van der Waals surface area contributed by atoms with Gasteiger partial charge < -0.3 is 5.32 Å². The van der Waals surface area contributed by atoms with E-state index >= 15 is 0 Å². The minimum absolute atomic E-state index is 0.158. The molecule has 5 nitrogen and oxygen atoms in total. The van der Waals surface area contributed by atoms with Crippen molar-refractivity contribution in [3.05, 3.63) is 35.9 Å². The van der Waals surface area contributed by atoms with Crippen molar-refractivity contribution in [2.24, 2.45) is 0 Å². The number of rotatable bonds is 6. The lowest BCUT2D eigenvalue weighted by Gasteiger charge is -2.22. The summed E-state index contributed by atoms with van der Waals surface area (Å²) in [6, 6.07) is 9.44. The van der Waals surface area contributed by atoms with Crippen molar-refractivity contribution in [2.75, 3.05) is 6.54 Å². The number of nitrogens with one attached hydrogen (secondary N) is 3. The van der Waals surface area contributed by atoms with Crippen molar-refractivity contribution in [1.82, 2.24) is 16.2 Å². The molecule has 22 heavy (non-hydrogen) atoms. The summed E-state index contributed by atoms with van der Waals surface area (Å²) in [5, 5.41) is 3.50. The van der Waals surface area contributed by atoms with Crippen molar-refractivity contribution < 1.29 is 9.59 Å². The Hall–Kier alpha value is -1.88. The maximum Gasteiger partial charge on any atom is 0.269 e. The molecule has 0 bridgehead atoms. The number of hydrogen-bond donors (Lipinski definition) is 3. The van der Waals surface area contributed by atoms with Crippen molar-refractivity contribution in [3.8, 4) is 0 Å². The molecule has 0 radical (unpaired) electrons. The number of carbonyl (C=O) groups is 2. The Kier molecular flexibility index (Phi) is 6.90. The molecule has 0 spiro atoms. The predicted molar refractivity (Wildman–Crippen MR) is 86.2 cm³/mol. The molecule has 1 fully saturated rings. The molecule has 1 aliphatic rings. The van der Waals surface area contributed by atoms with E-state index in [1.165, 1.54) is 32.1 Å². The molecule has 0 aromatic heterocycles. The summed E-state index contributed by atoms with van der Waals surface area (Å²) in [5.41, 5.74) is 5.41. The Bertz CT molecular complexity index is 470. The molecule has 0 atom stereocenters. The second kappa shape index (κ2) is 9.20. The normalized spacial score (nSPS) is 15.3. The Labute approximate surface area is 131 Å². The minimum Gasteiger partial charge on any atom is -0.314 e. The standard InChI is InChI=1S/C17H25N3O2/c21-16(12-7-13-18-15-10-5-2-6-11-15)19-20-17(22)14-8-3-1-4-9-14/h1,3-4,8-9,15,18H,2,5-7,10-13H2,(H,19,21)(H,20,22). The molecule has 1 aliphatic carbocycles. The monoisotopic (exact) mass is 303 g/mol. The van der Waals surface area contributed by atoms with E-state index in [1.807, 2.05) is 6.07 Å². The largest absolute Gasteiger partial charge is 0.314 e. The molecule has 0 saturated heterocycles. The first-order valence-electron chi connectivity index (χ1n) is 8.13. The van der Waals surface area contributed by atoms with Crippen molar-refractivity contribution in [3.63, 3.8) is 0 Å². The van der Waals surface area contributed by atoms with Gasteiger partial charge in [0.2, 0.25) is 5.91 Å². The number of hydrazine groups is 1. The summed E-state index contributed by atoms with van der Waals surface area (Å²) in [6.45, 7) is 0.852. The molecule has 0 unspecified atom stereocenters. The third-order valence-electron chi connectivity index (χ3n) is 3.97. The van der Waals surface area contributed by atoms with Crippen LogP contribution in [-0.4, -0.2) is 24.4 Å². The van der Waals surface area contributed by atoms with Gasteiger partial charge in [0.1, 0.15) is 0 Å². The van der Waals surface area contributed by atoms with Crippen LogP contribution in [0.4, 0.5) is 0 Å². The SMILES string of the molecule is O=C(CCCNC1CCCCC1)NNC(=O)c1ccccc1. The molecule has 2 amide bonds. The van der Waals surface area contributed by atoms with Crippen LogP contribution in [-0.2, 0) is 4.79 Å². The van der Waals surface area contributed by atoms with Gasteiger partial charge in [0.15, 0.2) is 0 Å². The fraction of sp³-hybridized carbons (Fsp3) is 0.529. The first-order valence-corrected chi connectivity index (χ1v) is 8.13. The van der Waals surface area contributed by atoms with Crippen LogP contribution >= 0.6 is 0 Å². The highest BCUT2D eigenvalue weighted by Crippen LogP contribution is 2.17. The summed E-state index contributed by atoms with van der Waals surface area (Å²) < 4.78 is 0. The van der Waals surface area contributed by atoms with E-state index in [1.54, 1.807) is 24.3 Å². The molecular weight excluding hydrogens is 278 g/mol. The molecule has 3 N–H and O–H groups in total. The van der Waals surface area contributed by atoms with Crippen molar-refractivity contribution >= 4 is 11.8 Å². The average Bonchev–Trinajstić information content (AvgIpc) is 2.58. The molecule has 1 aromatic carbocycles. The van der Waals surface area contributed by atoms with Gasteiger partial charge >= 0.3 is 0 Å². The van der Waals surface area contributed by atoms with E-state index in [9.17, 15) is 9.59 Å². The van der Waals surface area contributed by atoms with Gasteiger partial charge in [-0.25, -0.2) is 0 Å². The number of benzene rings is 1. The smallest absolute Gasteiger partial charge is 0.269 e. The Morgan fingerprint density at radius 3 is 2.45 bits per heavy atom. The van der Waals surface area contributed by atoms with Gasteiger partial charge in [0.25, 0.3) is 5.91 Å². The first-order chi connectivity index (χ1) is 10.8. The summed E-state index contributed by atoms with van der Waals surface area (Å²) in [4.78, 5) is 23.4. The summed E-state index contributed by atoms with van der Waals surface area (Å²) >= 11 is 0. The summed E-state index contributed by atoms with van der Waals surface area (Å²) in [5.74, 6) is -0.455. The highest BCUT2D eigenvalue weighted by molar-refractivity contribution is 5.95. The van der Waals surface area contributed by atoms with Crippen LogP contribution in [0.15, 0.2) is 30.3 Å². The lowest BCUT2D eigenvalue weighted by atomic mass is 9.95. The second-order valence-electron chi connectivity index (χ2n) is 5.76. The quantitative estimate of drug-likeness (QED) is 0.557. The third kappa shape index (κ3) is 5.85. The van der Waals surface area contributed by atoms with Gasteiger partial charge in [-0.3, -0.25) is 20.4 Å². The Morgan fingerprint density at radius 2 is 1.73 bits per heavy atom. The fourth-order valence-corrected chi connectivity index (χ4v) is 2.71. The molecular formula is C17H25N3O2. The minimum atomic E-state index is -0.297. The summed E-state index contributed by atoms with van der Waals surface area (Å²) in [7, 11) is 0. The number of amides is 2. The van der Waals surface area contributed by atoms with Crippen molar-refractivity contribution in [2.45, 2.75) is 51.0 Å². The molecule has 5 heteroatoms. The van der Waals surface area contributed by atoms with Crippen LogP contribution in [0.2, 0.25) is 0 Å². The molecule has 0 heterocycles. The molecule has 0 aliphatic heterocycles. The van der Waals surface area contributed by atoms with Crippen LogP contribution in [0, 0.1) is 0 Å². The number of hydrogen-bond acceptors (Lipinski definition) is 3. The first kappa shape index (κ1) is 16.5. The predicted octanol–water partition coefficient (Wildman–Crippen LogP) is 2.15. The third-order valence-corrected chi connectivity index (χ3v) is 3.97. The van der Waals surface area contributed by atoms with Gasteiger partial charge in [0, 0.05) is 18.0 Å². The van der Waals surface area contributed by atoms with Crippen LogP contribution in [0.25, 0.3) is 0 Å². The van der Waals surface area contributed by atoms with Crippen molar-refractivity contribution in [1.29, 1.82) is 0 Å². The number of carbonyl (C=O) groups excluding carboxylic acids is 2. The molecule has 1 aromatic rings. The van der Waals surface area contributed by atoms with Crippen LogP contribution in [0.5, 0.6) is 0 Å². The molecule has 2 rings (SSSR count). The second-order valence-corrected chi connectivity index (χ2v) is 5.76. The lowest BCUT2D eigenvalue weighted by molar-refractivity contribution is -0.121. The van der Waals surface area contributed by atoms with Crippen LogP contribution in [0.3, 0.4) is 0 Å². The average molecular weight is 303 g/mol. The zero-order valence-electron chi connectivity index (χ0n) is 12.9. The Morgan fingerprint density at radius 1 is 1.00 bits per heavy atom. The highest BCUT2D eigenvalue weighted by atomic mass is 16.2. The van der Waals surface area contributed by atoms with Gasteiger partial charge in [-0.15, -0.1) is 0 Å². The van der Waals surface area contributed by atoms with E-state index in [0.717, 1.165) is 13.0 Å². The lowest BCUT2D eigenvalue weighted by Crippen LogP contribution is -2.41. The Balaban J connectivity index is 1.55. The highest BCUT2D eigenvalue weighted by Gasteiger charge is 2.12. The van der Waals surface area contributed by atoms with Crippen LogP contribution < -0.4 is 16.2 Å². The van der Waals surface area contributed by atoms with Crippen LogP contribution in [0.1, 0.15) is 55.3 Å². The van der Waals surface area contributed by atoms with E-state index < -0.39 is 0 Å². The van der Waals surface area contributed by atoms with Gasteiger partial charge in [-0.1, -0.05) is 37.5 Å². The maximum atomic E-state index is 11.7. The maximum absolute atomic E-state index is 11.7. The molecule has 120 valence electrons. The van der Waals surface area contributed by atoms with Gasteiger partial charge in [0.05, 0.1) is 0 Å². The van der Waals surface area contributed by atoms with Gasteiger partial charge in [-0.05, 0) is 37.9 Å². The van der Waals surface area contributed by atoms with Gasteiger partial charge in [-0.2, -0.15) is 0 Å².